The van der Waals surface area contributed by atoms with Crippen molar-refractivity contribution >= 4 is 26.2 Å². The minimum atomic E-state index is -4.25. The Bertz CT molecular complexity index is 1030. The van der Waals surface area contributed by atoms with Crippen LogP contribution in [0.15, 0.2) is 58.6 Å². The number of ether oxygens (including phenoxy) is 1. The summed E-state index contributed by atoms with van der Waals surface area (Å²) >= 11 is 0. The van der Waals surface area contributed by atoms with Crippen LogP contribution in [0.25, 0.3) is 0 Å². The summed E-state index contributed by atoms with van der Waals surface area (Å²) in [5, 5.41) is 3.34. The van der Waals surface area contributed by atoms with E-state index < -0.39 is 44.1 Å². The van der Waals surface area contributed by atoms with Crippen LogP contribution < -0.4 is 4.74 Å². The highest BCUT2D eigenvalue weighted by molar-refractivity contribution is 7.93. The molecule has 1 unspecified atom stereocenters. The van der Waals surface area contributed by atoms with Gasteiger partial charge < -0.3 is 4.74 Å². The van der Waals surface area contributed by atoms with E-state index in [2.05, 4.69) is 9.44 Å². The number of hydrogen-bond acceptors (Lipinski definition) is 7. The van der Waals surface area contributed by atoms with Crippen molar-refractivity contribution in [3.63, 3.8) is 0 Å². The highest BCUT2D eigenvalue weighted by Gasteiger charge is 2.21. The Kier molecular flexibility index (Phi) is 7.74. The van der Waals surface area contributed by atoms with E-state index in [-0.39, 0.29) is 4.90 Å². The number of benzene rings is 2. The number of alkyl halides is 1. The molecule has 0 aliphatic rings. The summed E-state index contributed by atoms with van der Waals surface area (Å²) in [6.45, 7) is 0.990. The van der Waals surface area contributed by atoms with Gasteiger partial charge in [0.15, 0.2) is 9.84 Å². The first-order chi connectivity index (χ1) is 13.7. The molecule has 7 nitrogen and oxygen atoms in total. The summed E-state index contributed by atoms with van der Waals surface area (Å²) in [5.74, 6) is -1.65. The molecule has 2 rings (SSSR count). The van der Waals surface area contributed by atoms with Crippen molar-refractivity contribution in [1.82, 2.24) is 0 Å². The summed E-state index contributed by atoms with van der Waals surface area (Å²) in [5.41, 5.74) is 1.44. The second-order valence-electron chi connectivity index (χ2n) is 6.26. The molecule has 29 heavy (non-hydrogen) atoms. The molecule has 0 radical (unpaired) electrons. The van der Waals surface area contributed by atoms with Crippen molar-refractivity contribution in [3.8, 4) is 5.75 Å². The van der Waals surface area contributed by atoms with Crippen LogP contribution in [-0.2, 0) is 24.2 Å². The largest absolute Gasteiger partial charge is 0.497 e. The lowest BCUT2D eigenvalue weighted by Gasteiger charge is -2.09. The minimum absolute atomic E-state index is 0.0267. The highest BCUT2D eigenvalue weighted by Crippen LogP contribution is 2.19. The molecule has 0 heterocycles. The molecule has 0 bridgehead atoms. The van der Waals surface area contributed by atoms with Crippen LogP contribution in [0.4, 0.5) is 4.39 Å². The van der Waals surface area contributed by atoms with Gasteiger partial charge >= 0.3 is 10.1 Å². The molecule has 0 spiro atoms. The molecule has 0 aromatic heterocycles. The van der Waals surface area contributed by atoms with Gasteiger partial charge in [0.2, 0.25) is 0 Å². The first-order valence-corrected chi connectivity index (χ1v) is 11.8. The van der Waals surface area contributed by atoms with Crippen LogP contribution in [0, 0.1) is 6.92 Å². The Hall–Kier alpha value is -2.46. The van der Waals surface area contributed by atoms with Gasteiger partial charge in [-0.3, -0.25) is 8.67 Å². The molecular formula is C19H22FNO6S2. The molecular weight excluding hydrogens is 421 g/mol. The van der Waals surface area contributed by atoms with E-state index in [1.54, 1.807) is 36.4 Å². The zero-order valence-corrected chi connectivity index (χ0v) is 17.6. The topological polar surface area (TPSA) is 99.1 Å². The fraction of sp³-hybridized carbons (Fsp3) is 0.316. The first kappa shape index (κ1) is 22.8. The van der Waals surface area contributed by atoms with Crippen LogP contribution in [-0.4, -0.2) is 48.3 Å². The van der Waals surface area contributed by atoms with Gasteiger partial charge in [-0.25, -0.2) is 8.42 Å². The average Bonchev–Trinajstić information content (AvgIpc) is 2.70. The van der Waals surface area contributed by atoms with Crippen LogP contribution in [0.3, 0.4) is 0 Å². The Morgan fingerprint density at radius 3 is 2.17 bits per heavy atom. The molecule has 1 atom stereocenters. The van der Waals surface area contributed by atoms with Crippen LogP contribution >= 0.6 is 0 Å². The maximum atomic E-state index is 13.3. The third-order valence-electron chi connectivity index (χ3n) is 4.09. The molecule has 0 fully saturated rings. The second-order valence-corrected chi connectivity index (χ2v) is 10.0. The lowest BCUT2D eigenvalue weighted by Crippen LogP contribution is -2.18. The lowest BCUT2D eigenvalue weighted by atomic mass is 10.0. The molecule has 0 N–H and O–H groups in total. The number of nitrogens with zero attached hydrogens (tertiary/aromatic N) is 1. The molecule has 2 aromatic carbocycles. The van der Waals surface area contributed by atoms with Crippen LogP contribution in [0.1, 0.15) is 17.0 Å². The molecule has 158 valence electrons. The Morgan fingerprint density at radius 2 is 1.62 bits per heavy atom. The zero-order valence-electron chi connectivity index (χ0n) is 16.0. The normalized spacial score (nSPS) is 13.3. The molecule has 0 saturated carbocycles. The first-order valence-electron chi connectivity index (χ1n) is 8.61. The molecule has 0 aliphatic heterocycles. The summed E-state index contributed by atoms with van der Waals surface area (Å²) in [4.78, 5) is 0.0267. The third-order valence-corrected chi connectivity index (χ3v) is 7.10. The van der Waals surface area contributed by atoms with Gasteiger partial charge in [0.1, 0.15) is 18.2 Å². The number of sulfone groups is 1. The zero-order chi connectivity index (χ0) is 21.5. The van der Waals surface area contributed by atoms with Crippen LogP contribution in [0.5, 0.6) is 5.75 Å². The SMILES string of the molecule is COc1ccc(C(C=NOS(=O)(=O)CCS(=O)(=O)c2ccc(C)cc2)CF)cc1. The third kappa shape index (κ3) is 6.82. The summed E-state index contributed by atoms with van der Waals surface area (Å²) in [7, 11) is -6.54. The van der Waals surface area contributed by atoms with E-state index in [1.807, 2.05) is 6.92 Å². The van der Waals surface area contributed by atoms with E-state index >= 15 is 0 Å². The number of halogens is 1. The average molecular weight is 444 g/mol. The van der Waals surface area contributed by atoms with E-state index in [0.717, 1.165) is 11.8 Å². The standard InChI is InChI=1S/C19H22FNO6S2/c1-15-3-9-19(10-4-15)28(22,23)11-12-29(24,25)27-21-14-17(13-20)16-5-7-18(26-2)8-6-16/h3-10,14,17H,11-13H2,1-2H3. The number of rotatable bonds is 10. The molecule has 2 aromatic rings. The lowest BCUT2D eigenvalue weighted by molar-refractivity contribution is 0.338. The smallest absolute Gasteiger partial charge is 0.329 e. The van der Waals surface area contributed by atoms with Gasteiger partial charge in [0, 0.05) is 0 Å². The number of aryl methyl sites for hydroxylation is 1. The fourth-order valence-corrected chi connectivity index (χ4v) is 5.08. The van der Waals surface area contributed by atoms with E-state index in [9.17, 15) is 21.2 Å². The van der Waals surface area contributed by atoms with Gasteiger partial charge in [-0.1, -0.05) is 35.0 Å². The summed E-state index contributed by atoms with van der Waals surface area (Å²) in [6.07, 6.45) is 1.02. The maximum absolute atomic E-state index is 13.3. The van der Waals surface area contributed by atoms with Crippen molar-refractivity contribution in [3.05, 3.63) is 59.7 Å². The van der Waals surface area contributed by atoms with Crippen molar-refractivity contribution in [2.45, 2.75) is 17.7 Å². The Labute approximate surface area is 170 Å². The van der Waals surface area contributed by atoms with Gasteiger partial charge in [-0.15, -0.1) is 0 Å². The predicted molar refractivity (Wildman–Crippen MR) is 108 cm³/mol. The Balaban J connectivity index is 1.98. The monoisotopic (exact) mass is 443 g/mol. The molecule has 0 aliphatic carbocycles. The number of methoxy groups -OCH3 is 1. The molecule has 0 amide bonds. The van der Waals surface area contributed by atoms with E-state index in [0.29, 0.717) is 11.3 Å². The molecule has 0 saturated heterocycles. The van der Waals surface area contributed by atoms with Gasteiger partial charge in [0.05, 0.1) is 29.9 Å². The highest BCUT2D eigenvalue weighted by atomic mass is 32.2. The van der Waals surface area contributed by atoms with Crippen LogP contribution in [0.2, 0.25) is 0 Å². The quantitative estimate of drug-likeness (QED) is 0.414. The Morgan fingerprint density at radius 1 is 1.00 bits per heavy atom. The van der Waals surface area contributed by atoms with Crippen molar-refractivity contribution < 1.29 is 30.2 Å². The van der Waals surface area contributed by atoms with Gasteiger partial charge in [-0.05, 0) is 36.8 Å². The van der Waals surface area contributed by atoms with Crippen molar-refractivity contribution in [2.24, 2.45) is 5.16 Å². The number of hydrogen-bond donors (Lipinski definition) is 0. The summed E-state index contributed by atoms with van der Waals surface area (Å²) < 4.78 is 71.1. The van der Waals surface area contributed by atoms with Crippen molar-refractivity contribution in [2.75, 3.05) is 25.3 Å². The predicted octanol–water partition coefficient (Wildman–Crippen LogP) is 2.86. The minimum Gasteiger partial charge on any atom is -0.497 e. The maximum Gasteiger partial charge on any atom is 0.329 e. The summed E-state index contributed by atoms with van der Waals surface area (Å²) in [6, 6.07) is 12.6. The van der Waals surface area contributed by atoms with Gasteiger partial charge in [-0.2, -0.15) is 8.42 Å². The van der Waals surface area contributed by atoms with Gasteiger partial charge in [0.25, 0.3) is 0 Å². The fourth-order valence-electron chi connectivity index (χ4n) is 2.34. The second kappa shape index (κ2) is 9.84. The molecule has 10 heteroatoms. The number of oxime groups is 1. The van der Waals surface area contributed by atoms with Crippen molar-refractivity contribution in [1.29, 1.82) is 0 Å². The van der Waals surface area contributed by atoms with E-state index in [1.165, 1.54) is 19.2 Å². The van der Waals surface area contributed by atoms with E-state index in [4.69, 9.17) is 4.74 Å².